The van der Waals surface area contributed by atoms with Gasteiger partial charge in [-0.15, -0.1) is 0 Å². The molecule has 4 nitrogen and oxygen atoms in total. The van der Waals surface area contributed by atoms with Gasteiger partial charge < -0.3 is 5.32 Å². The fourth-order valence-electron chi connectivity index (χ4n) is 3.63. The maximum atomic E-state index is 11.5. The first kappa shape index (κ1) is 17.0. The lowest BCUT2D eigenvalue weighted by atomic mass is 9.80. The zero-order valence-corrected chi connectivity index (χ0v) is 14.5. The predicted molar refractivity (Wildman–Crippen MR) is 87.7 cm³/mol. The summed E-state index contributed by atoms with van der Waals surface area (Å²) in [6.45, 7) is 8.07. The summed E-state index contributed by atoms with van der Waals surface area (Å²) in [4.78, 5) is 0. The second-order valence-corrected chi connectivity index (χ2v) is 8.86. The molecule has 5 heteroatoms. The SMILES string of the molecule is CC1=CCCC(C)C1CNCC1CCN(S(C)(=O)=O)CC1. The molecule has 1 aliphatic heterocycles. The first-order chi connectivity index (χ1) is 9.88. The van der Waals surface area contributed by atoms with E-state index in [1.807, 2.05) is 0 Å². The highest BCUT2D eigenvalue weighted by Crippen LogP contribution is 2.29. The summed E-state index contributed by atoms with van der Waals surface area (Å²) < 4.78 is 24.6. The highest BCUT2D eigenvalue weighted by Gasteiger charge is 2.25. The van der Waals surface area contributed by atoms with Crippen molar-refractivity contribution in [3.05, 3.63) is 11.6 Å². The molecular formula is C16H30N2O2S. The van der Waals surface area contributed by atoms with Crippen LogP contribution in [0.2, 0.25) is 0 Å². The van der Waals surface area contributed by atoms with Crippen LogP contribution in [0.4, 0.5) is 0 Å². The molecule has 122 valence electrons. The van der Waals surface area contributed by atoms with Gasteiger partial charge in [0.2, 0.25) is 10.0 Å². The van der Waals surface area contributed by atoms with Crippen LogP contribution in [0, 0.1) is 17.8 Å². The number of hydrogen-bond donors (Lipinski definition) is 1. The van der Waals surface area contributed by atoms with Crippen LogP contribution < -0.4 is 5.32 Å². The number of rotatable bonds is 5. The third kappa shape index (κ3) is 4.80. The van der Waals surface area contributed by atoms with Gasteiger partial charge in [-0.2, -0.15) is 0 Å². The third-order valence-electron chi connectivity index (χ3n) is 5.20. The highest BCUT2D eigenvalue weighted by molar-refractivity contribution is 7.88. The molecule has 1 saturated heterocycles. The largest absolute Gasteiger partial charge is 0.316 e. The van der Waals surface area contributed by atoms with Crippen molar-refractivity contribution in [3.8, 4) is 0 Å². The van der Waals surface area contributed by atoms with Crippen LogP contribution in [-0.4, -0.2) is 45.2 Å². The van der Waals surface area contributed by atoms with E-state index in [4.69, 9.17) is 0 Å². The maximum absolute atomic E-state index is 11.5. The molecule has 0 bridgehead atoms. The standard InChI is InChI=1S/C16H30N2O2S/c1-13-5-4-6-14(2)16(13)12-17-11-15-7-9-18(10-8-15)21(3,19)20/h5,14-17H,4,6-12H2,1-3H3. The first-order valence-corrected chi connectivity index (χ1v) is 10.0. The van der Waals surface area contributed by atoms with Crippen LogP contribution in [0.5, 0.6) is 0 Å². The molecule has 0 aromatic rings. The number of nitrogens with zero attached hydrogens (tertiary/aromatic N) is 1. The third-order valence-corrected chi connectivity index (χ3v) is 6.50. The summed E-state index contributed by atoms with van der Waals surface area (Å²) in [5.41, 5.74) is 1.54. The van der Waals surface area contributed by atoms with Gasteiger partial charge in [0, 0.05) is 19.6 Å². The van der Waals surface area contributed by atoms with Crippen molar-refractivity contribution in [1.82, 2.24) is 9.62 Å². The number of sulfonamides is 1. The van der Waals surface area contributed by atoms with Gasteiger partial charge in [0.15, 0.2) is 0 Å². The topological polar surface area (TPSA) is 49.4 Å². The van der Waals surface area contributed by atoms with Crippen LogP contribution in [0.25, 0.3) is 0 Å². The molecule has 2 atom stereocenters. The van der Waals surface area contributed by atoms with Crippen LogP contribution >= 0.6 is 0 Å². The fourth-order valence-corrected chi connectivity index (χ4v) is 4.50. The summed E-state index contributed by atoms with van der Waals surface area (Å²) in [5, 5.41) is 3.63. The van der Waals surface area contributed by atoms with Gasteiger partial charge in [-0.1, -0.05) is 18.6 Å². The zero-order chi connectivity index (χ0) is 15.5. The minimum absolute atomic E-state index is 0.617. The van der Waals surface area contributed by atoms with Crippen LogP contribution in [0.15, 0.2) is 11.6 Å². The van der Waals surface area contributed by atoms with E-state index in [1.165, 1.54) is 24.7 Å². The summed E-state index contributed by atoms with van der Waals surface area (Å²) in [6, 6.07) is 0. The summed E-state index contributed by atoms with van der Waals surface area (Å²) in [6.07, 6.45) is 8.19. The molecule has 2 unspecified atom stereocenters. The average molecular weight is 314 g/mol. The molecule has 1 heterocycles. The summed E-state index contributed by atoms with van der Waals surface area (Å²) >= 11 is 0. The monoisotopic (exact) mass is 314 g/mol. The Kier molecular flexibility index (Phi) is 5.86. The highest BCUT2D eigenvalue weighted by atomic mass is 32.2. The van der Waals surface area contributed by atoms with E-state index in [9.17, 15) is 8.42 Å². The van der Waals surface area contributed by atoms with Crippen LogP contribution in [0.1, 0.15) is 39.5 Å². The molecule has 1 fully saturated rings. The molecule has 0 amide bonds. The van der Waals surface area contributed by atoms with E-state index in [-0.39, 0.29) is 0 Å². The Morgan fingerprint density at radius 2 is 1.90 bits per heavy atom. The van der Waals surface area contributed by atoms with Crippen molar-refractivity contribution in [2.45, 2.75) is 39.5 Å². The molecule has 2 rings (SSSR count). The first-order valence-electron chi connectivity index (χ1n) is 8.20. The van der Waals surface area contributed by atoms with E-state index in [0.717, 1.165) is 31.8 Å². The molecular weight excluding hydrogens is 284 g/mol. The van der Waals surface area contributed by atoms with E-state index >= 15 is 0 Å². The molecule has 0 aromatic carbocycles. The van der Waals surface area contributed by atoms with Crippen molar-refractivity contribution in [1.29, 1.82) is 0 Å². The Balaban J connectivity index is 1.71. The predicted octanol–water partition coefficient (Wildman–Crippen LogP) is 2.24. The Labute approximate surface area is 130 Å². The molecule has 1 aliphatic carbocycles. The fraction of sp³-hybridized carbons (Fsp3) is 0.875. The Bertz CT molecular complexity index is 465. The van der Waals surface area contributed by atoms with Gasteiger partial charge in [0.1, 0.15) is 0 Å². The Morgan fingerprint density at radius 3 is 2.48 bits per heavy atom. The van der Waals surface area contributed by atoms with E-state index in [2.05, 4.69) is 25.2 Å². The normalized spacial score (nSPS) is 29.4. The van der Waals surface area contributed by atoms with Gasteiger partial charge in [-0.25, -0.2) is 12.7 Å². The van der Waals surface area contributed by atoms with Crippen LogP contribution in [0.3, 0.4) is 0 Å². The number of hydrogen-bond acceptors (Lipinski definition) is 3. The van der Waals surface area contributed by atoms with Crippen molar-refractivity contribution in [2.24, 2.45) is 17.8 Å². The lowest BCUT2D eigenvalue weighted by Crippen LogP contribution is -2.41. The minimum atomic E-state index is -3.00. The van der Waals surface area contributed by atoms with Crippen molar-refractivity contribution >= 4 is 10.0 Å². The van der Waals surface area contributed by atoms with Crippen molar-refractivity contribution in [3.63, 3.8) is 0 Å². The molecule has 1 N–H and O–H groups in total. The maximum Gasteiger partial charge on any atom is 0.211 e. The Morgan fingerprint density at radius 1 is 1.24 bits per heavy atom. The van der Waals surface area contributed by atoms with Gasteiger partial charge in [0.25, 0.3) is 0 Å². The lowest BCUT2D eigenvalue weighted by Gasteiger charge is -2.32. The number of nitrogens with one attached hydrogen (secondary N) is 1. The second-order valence-electron chi connectivity index (χ2n) is 6.87. The number of piperidine rings is 1. The van der Waals surface area contributed by atoms with E-state index in [1.54, 1.807) is 4.31 Å². The van der Waals surface area contributed by atoms with Crippen LogP contribution in [-0.2, 0) is 10.0 Å². The molecule has 0 saturated carbocycles. The number of allylic oxidation sites excluding steroid dienone is 1. The van der Waals surface area contributed by atoms with E-state index < -0.39 is 10.0 Å². The van der Waals surface area contributed by atoms with Crippen molar-refractivity contribution in [2.75, 3.05) is 32.4 Å². The summed E-state index contributed by atoms with van der Waals surface area (Å²) in [7, 11) is -3.00. The smallest absolute Gasteiger partial charge is 0.211 e. The lowest BCUT2D eigenvalue weighted by molar-refractivity contribution is 0.260. The summed E-state index contributed by atoms with van der Waals surface area (Å²) in [5.74, 6) is 2.07. The zero-order valence-electron chi connectivity index (χ0n) is 13.6. The average Bonchev–Trinajstić information content (AvgIpc) is 2.42. The van der Waals surface area contributed by atoms with Crippen molar-refractivity contribution < 1.29 is 8.42 Å². The Hall–Kier alpha value is -0.390. The van der Waals surface area contributed by atoms with Gasteiger partial charge in [-0.3, -0.25) is 0 Å². The molecule has 0 radical (unpaired) electrons. The minimum Gasteiger partial charge on any atom is -0.316 e. The van der Waals surface area contributed by atoms with E-state index in [0.29, 0.717) is 24.9 Å². The second kappa shape index (κ2) is 7.25. The van der Waals surface area contributed by atoms with Gasteiger partial charge in [-0.05, 0) is 56.9 Å². The molecule has 0 spiro atoms. The molecule has 2 aliphatic rings. The molecule has 0 aromatic heterocycles. The quantitative estimate of drug-likeness (QED) is 0.792. The van der Waals surface area contributed by atoms with Gasteiger partial charge in [0.05, 0.1) is 6.26 Å². The molecule has 21 heavy (non-hydrogen) atoms. The van der Waals surface area contributed by atoms with Gasteiger partial charge >= 0.3 is 0 Å².